The lowest BCUT2D eigenvalue weighted by Crippen LogP contribution is -1.80. The van der Waals surface area contributed by atoms with Gasteiger partial charge in [0.1, 0.15) is 0 Å². The van der Waals surface area contributed by atoms with Crippen molar-refractivity contribution in [2.75, 3.05) is 0 Å². The molecule has 0 atom stereocenters. The minimum Gasteiger partial charge on any atom is -0.132 e. The van der Waals surface area contributed by atoms with Crippen molar-refractivity contribution in [3.8, 4) is 12.3 Å². The molecule has 0 unspecified atom stereocenters. The Morgan fingerprint density at radius 3 is 2.47 bits per heavy atom. The quantitative estimate of drug-likeness (QED) is 0.492. The summed E-state index contributed by atoms with van der Waals surface area (Å²) in [5, 5.41) is 0. The molecule has 0 fully saturated rings. The van der Waals surface area contributed by atoms with Gasteiger partial charge in [-0.2, -0.15) is 0 Å². The van der Waals surface area contributed by atoms with Crippen molar-refractivity contribution in [2.24, 2.45) is 0 Å². The minimum absolute atomic E-state index is 1.06. The molecule has 0 aliphatic heterocycles. The molecule has 0 saturated heterocycles. The first-order chi connectivity index (χ1) is 7.36. The molecule has 0 saturated carbocycles. The Kier molecular flexibility index (Phi) is 9.32. The zero-order valence-electron chi connectivity index (χ0n) is 10.2. The van der Waals surface area contributed by atoms with Crippen LogP contribution in [0.4, 0.5) is 0 Å². The second kappa shape index (κ2) is 9.80. The van der Waals surface area contributed by atoms with Crippen LogP contribution < -0.4 is 0 Å². The summed E-state index contributed by atoms with van der Waals surface area (Å²) in [5.74, 6) is 2.67. The van der Waals surface area contributed by atoms with Crippen molar-refractivity contribution in [3.05, 3.63) is 21.9 Å². The van der Waals surface area contributed by atoms with Gasteiger partial charge in [0.2, 0.25) is 0 Å². The number of unbranched alkanes of at least 4 members (excludes halogenated alkanes) is 3. The Balaban J connectivity index is 0.000000921. The Labute approximate surface area is 98.7 Å². The third-order valence-electron chi connectivity index (χ3n) is 2.08. The summed E-state index contributed by atoms with van der Waals surface area (Å²) in [4.78, 5) is 2.49. The molecule has 1 heteroatoms. The van der Waals surface area contributed by atoms with Gasteiger partial charge in [-0.15, -0.1) is 17.8 Å². The molecule has 1 rings (SSSR count). The van der Waals surface area contributed by atoms with Gasteiger partial charge in [-0.3, -0.25) is 0 Å². The van der Waals surface area contributed by atoms with E-state index in [0.29, 0.717) is 0 Å². The summed E-state index contributed by atoms with van der Waals surface area (Å²) in [5.41, 5.74) is 0. The highest BCUT2D eigenvalue weighted by Crippen LogP contribution is 2.17. The first kappa shape index (κ1) is 14.3. The van der Waals surface area contributed by atoms with Gasteiger partial charge in [0.25, 0.3) is 0 Å². The van der Waals surface area contributed by atoms with Crippen LogP contribution in [0.2, 0.25) is 0 Å². The zero-order chi connectivity index (χ0) is 11.5. The monoisotopic (exact) mass is 222 g/mol. The van der Waals surface area contributed by atoms with E-state index in [9.17, 15) is 0 Å². The van der Waals surface area contributed by atoms with Crippen molar-refractivity contribution >= 4 is 11.3 Å². The summed E-state index contributed by atoms with van der Waals surface area (Å²) >= 11 is 1.75. The van der Waals surface area contributed by atoms with Gasteiger partial charge in [0, 0.05) is 4.88 Å². The first-order valence-electron chi connectivity index (χ1n) is 5.92. The molecule has 0 aliphatic rings. The van der Waals surface area contributed by atoms with Crippen LogP contribution in [0.15, 0.2) is 12.1 Å². The maximum Gasteiger partial charge on any atom is 0.0768 e. The lowest BCUT2D eigenvalue weighted by atomic mass is 10.1. The molecule has 1 aromatic heterocycles. The predicted octanol–water partition coefficient (Wildman–Crippen LogP) is 4.88. The van der Waals surface area contributed by atoms with Gasteiger partial charge in [0.15, 0.2) is 0 Å². The molecule has 0 bridgehead atoms. The van der Waals surface area contributed by atoms with Gasteiger partial charge in [-0.1, -0.05) is 46.0 Å². The van der Waals surface area contributed by atoms with Crippen LogP contribution in [0.25, 0.3) is 0 Å². The Morgan fingerprint density at radius 1 is 1.20 bits per heavy atom. The lowest BCUT2D eigenvalue weighted by Gasteiger charge is -1.96. The third-order valence-corrected chi connectivity index (χ3v) is 3.16. The maximum atomic E-state index is 5.30. The number of aryl methyl sites for hydroxylation is 1. The smallest absolute Gasteiger partial charge is 0.0768 e. The molecular weight excluding hydrogens is 200 g/mol. The molecule has 0 amide bonds. The molecule has 1 heterocycles. The summed E-state index contributed by atoms with van der Waals surface area (Å²) in [6.07, 6.45) is 11.8. The number of hydrogen-bond acceptors (Lipinski definition) is 1. The normalized spacial score (nSPS) is 8.93. The highest BCUT2D eigenvalue weighted by molar-refractivity contribution is 7.12. The zero-order valence-corrected chi connectivity index (χ0v) is 11.0. The van der Waals surface area contributed by atoms with Crippen LogP contribution in [0.5, 0.6) is 0 Å². The van der Waals surface area contributed by atoms with Gasteiger partial charge in [-0.05, 0) is 25.0 Å². The van der Waals surface area contributed by atoms with Gasteiger partial charge in [0.05, 0.1) is 4.88 Å². The molecule has 0 spiro atoms. The topological polar surface area (TPSA) is 0 Å². The lowest BCUT2D eigenvalue weighted by molar-refractivity contribution is 0.670. The molecule has 15 heavy (non-hydrogen) atoms. The fourth-order valence-electron chi connectivity index (χ4n) is 1.32. The fraction of sp³-hybridized carbons (Fsp3) is 0.571. The summed E-state index contributed by atoms with van der Waals surface area (Å²) in [6, 6.07) is 4.20. The highest BCUT2D eigenvalue weighted by atomic mass is 32.1. The number of terminal acetylenes is 1. The van der Waals surface area contributed by atoms with E-state index in [1.807, 2.05) is 19.9 Å². The Morgan fingerprint density at radius 2 is 1.93 bits per heavy atom. The van der Waals surface area contributed by atoms with E-state index < -0.39 is 0 Å². The van der Waals surface area contributed by atoms with E-state index in [4.69, 9.17) is 6.42 Å². The minimum atomic E-state index is 1.06. The molecule has 0 aliphatic carbocycles. The van der Waals surface area contributed by atoms with Crippen molar-refractivity contribution < 1.29 is 0 Å². The fourth-order valence-corrected chi connectivity index (χ4v) is 2.18. The van der Waals surface area contributed by atoms with Crippen LogP contribution >= 0.6 is 11.3 Å². The Hall–Kier alpha value is -0.740. The SMILES string of the molecule is C#Cc1ccc(CCCCCC)s1.CC. The molecule has 0 N–H and O–H groups in total. The van der Waals surface area contributed by atoms with Gasteiger partial charge in [-0.25, -0.2) is 0 Å². The molecule has 84 valence electrons. The van der Waals surface area contributed by atoms with Crippen LogP contribution in [-0.4, -0.2) is 0 Å². The molecular formula is C14H22S. The van der Waals surface area contributed by atoms with Gasteiger partial charge >= 0.3 is 0 Å². The molecule has 0 radical (unpaired) electrons. The largest absolute Gasteiger partial charge is 0.132 e. The third kappa shape index (κ3) is 6.36. The van der Waals surface area contributed by atoms with Crippen molar-refractivity contribution in [1.82, 2.24) is 0 Å². The van der Waals surface area contributed by atoms with E-state index in [2.05, 4.69) is 18.9 Å². The van der Waals surface area contributed by atoms with Crippen LogP contribution in [0.1, 0.15) is 56.2 Å². The predicted molar refractivity (Wildman–Crippen MR) is 71.4 cm³/mol. The van der Waals surface area contributed by atoms with E-state index >= 15 is 0 Å². The van der Waals surface area contributed by atoms with Crippen LogP contribution in [-0.2, 0) is 6.42 Å². The van der Waals surface area contributed by atoms with E-state index in [1.54, 1.807) is 11.3 Å². The van der Waals surface area contributed by atoms with Crippen LogP contribution in [0, 0.1) is 12.3 Å². The number of thiophene rings is 1. The van der Waals surface area contributed by atoms with E-state index in [1.165, 1.54) is 37.0 Å². The summed E-state index contributed by atoms with van der Waals surface area (Å²) in [6.45, 7) is 6.24. The van der Waals surface area contributed by atoms with Crippen molar-refractivity contribution in [1.29, 1.82) is 0 Å². The highest BCUT2D eigenvalue weighted by Gasteiger charge is 1.97. The van der Waals surface area contributed by atoms with E-state index in [-0.39, 0.29) is 0 Å². The van der Waals surface area contributed by atoms with Crippen molar-refractivity contribution in [2.45, 2.75) is 52.9 Å². The second-order valence-corrected chi connectivity index (χ2v) is 4.39. The number of hydrogen-bond donors (Lipinski definition) is 0. The first-order valence-corrected chi connectivity index (χ1v) is 6.73. The Bertz CT molecular complexity index is 278. The number of rotatable bonds is 5. The summed E-state index contributed by atoms with van der Waals surface area (Å²) in [7, 11) is 0. The maximum absolute atomic E-state index is 5.30. The van der Waals surface area contributed by atoms with Gasteiger partial charge < -0.3 is 0 Å². The average molecular weight is 222 g/mol. The second-order valence-electron chi connectivity index (χ2n) is 3.22. The molecule has 0 aromatic carbocycles. The molecule has 1 aromatic rings. The molecule has 0 nitrogen and oxygen atoms in total. The summed E-state index contributed by atoms with van der Waals surface area (Å²) < 4.78 is 0. The van der Waals surface area contributed by atoms with Crippen molar-refractivity contribution in [3.63, 3.8) is 0 Å². The van der Waals surface area contributed by atoms with Crippen LogP contribution in [0.3, 0.4) is 0 Å². The standard InChI is InChI=1S/C12H16S.C2H6/c1-3-5-6-7-8-12-10-9-11(4-2)13-12;1-2/h2,9-10H,3,5-8H2,1H3;1-2H3. The average Bonchev–Trinajstić information content (AvgIpc) is 2.75. The van der Waals surface area contributed by atoms with E-state index in [0.717, 1.165) is 4.88 Å².